The first-order valence-electron chi connectivity index (χ1n) is 10.3. The number of hydrogen-bond acceptors (Lipinski definition) is 4. The summed E-state index contributed by atoms with van der Waals surface area (Å²) in [6.45, 7) is 0.227. The van der Waals surface area contributed by atoms with Gasteiger partial charge in [0.1, 0.15) is 12.4 Å². The largest absolute Gasteiger partial charge is 0.490 e. The van der Waals surface area contributed by atoms with Crippen LogP contribution in [0.4, 0.5) is 18.9 Å². The van der Waals surface area contributed by atoms with Crippen molar-refractivity contribution < 1.29 is 31.1 Å². The van der Waals surface area contributed by atoms with Crippen LogP contribution >= 0.6 is 11.6 Å². The van der Waals surface area contributed by atoms with Gasteiger partial charge in [-0.15, -0.1) is 0 Å². The highest BCUT2D eigenvalue weighted by molar-refractivity contribution is 7.92. The van der Waals surface area contributed by atoms with Gasteiger partial charge in [0.05, 0.1) is 35.6 Å². The first-order chi connectivity index (χ1) is 16.4. The van der Waals surface area contributed by atoms with Crippen molar-refractivity contribution in [2.75, 3.05) is 23.7 Å². The average molecular weight is 527 g/mol. The number of benzene rings is 3. The average Bonchev–Trinajstić information content (AvgIpc) is 2.80. The zero-order valence-electron chi connectivity index (χ0n) is 18.5. The minimum absolute atomic E-state index is 0.109. The second kappa shape index (κ2) is 11.0. The molecule has 3 aromatic carbocycles. The van der Waals surface area contributed by atoms with Crippen LogP contribution in [-0.4, -0.2) is 33.7 Å². The maximum absolute atomic E-state index is 13.1. The van der Waals surface area contributed by atoms with Gasteiger partial charge >= 0.3 is 6.18 Å². The number of nitrogens with one attached hydrogen (secondary N) is 1. The van der Waals surface area contributed by atoms with Crippen molar-refractivity contribution in [2.24, 2.45) is 0 Å². The van der Waals surface area contributed by atoms with Gasteiger partial charge in [-0.3, -0.25) is 9.10 Å². The van der Waals surface area contributed by atoms with E-state index in [1.807, 2.05) is 0 Å². The molecule has 0 aliphatic carbocycles. The summed E-state index contributed by atoms with van der Waals surface area (Å²) in [5.74, 6) is 0.140. The van der Waals surface area contributed by atoms with Gasteiger partial charge in [0.15, 0.2) is 0 Å². The van der Waals surface area contributed by atoms with E-state index in [0.29, 0.717) is 21.9 Å². The molecule has 0 spiro atoms. The Bertz CT molecular complexity index is 1280. The van der Waals surface area contributed by atoms with E-state index < -0.39 is 21.8 Å². The van der Waals surface area contributed by atoms with Gasteiger partial charge in [-0.2, -0.15) is 13.2 Å². The Morgan fingerprint density at radius 2 is 1.71 bits per heavy atom. The lowest BCUT2D eigenvalue weighted by atomic mass is 10.1. The van der Waals surface area contributed by atoms with Crippen molar-refractivity contribution in [3.8, 4) is 5.75 Å². The van der Waals surface area contributed by atoms with Gasteiger partial charge in [0, 0.05) is 5.56 Å². The van der Waals surface area contributed by atoms with Gasteiger partial charge in [-0.1, -0.05) is 41.9 Å². The minimum atomic E-state index is -4.60. The van der Waals surface area contributed by atoms with Gasteiger partial charge in [0.25, 0.3) is 5.91 Å². The number of carbonyl (C=O) groups excluding carboxylic acids is 1. The zero-order chi connectivity index (χ0) is 25.6. The molecule has 0 aliphatic rings. The van der Waals surface area contributed by atoms with Crippen molar-refractivity contribution in [2.45, 2.75) is 12.7 Å². The number of hydrogen-bond donors (Lipinski definition) is 1. The Balaban J connectivity index is 1.63. The minimum Gasteiger partial charge on any atom is -0.490 e. The standard InChI is InChI=1S/C24H22ClF3N2O4S/c1-35(32,33)30(20-6-4-5-19(15-20)24(26,27)28)16-17-9-11-18(12-10-17)23(31)29-13-14-34-22-8-3-2-7-21(22)25/h2-12,15H,13-14,16H2,1H3,(H,29,31). The first kappa shape index (κ1) is 26.4. The van der Waals surface area contributed by atoms with E-state index in [2.05, 4.69) is 5.32 Å². The van der Waals surface area contributed by atoms with E-state index in [9.17, 15) is 26.4 Å². The molecule has 186 valence electrons. The number of carbonyl (C=O) groups is 1. The zero-order valence-corrected chi connectivity index (χ0v) is 20.1. The highest BCUT2D eigenvalue weighted by Gasteiger charge is 2.31. The second-order valence-corrected chi connectivity index (χ2v) is 9.86. The van der Waals surface area contributed by atoms with Crippen LogP contribution in [0.2, 0.25) is 5.02 Å². The molecule has 0 saturated carbocycles. The number of ether oxygens (including phenoxy) is 1. The third-order valence-electron chi connectivity index (χ3n) is 4.89. The molecule has 0 saturated heterocycles. The summed E-state index contributed by atoms with van der Waals surface area (Å²) in [6, 6.07) is 17.2. The van der Waals surface area contributed by atoms with Crippen LogP contribution in [0, 0.1) is 0 Å². The van der Waals surface area contributed by atoms with Crippen LogP contribution in [0.3, 0.4) is 0 Å². The number of sulfonamides is 1. The lowest BCUT2D eigenvalue weighted by Gasteiger charge is -2.23. The monoisotopic (exact) mass is 526 g/mol. The molecule has 0 aromatic heterocycles. The van der Waals surface area contributed by atoms with E-state index >= 15 is 0 Å². The van der Waals surface area contributed by atoms with E-state index in [1.165, 1.54) is 18.2 Å². The molecule has 1 amide bonds. The Labute approximate surface area is 206 Å². The summed E-state index contributed by atoms with van der Waals surface area (Å²) in [5, 5.41) is 3.16. The molecule has 0 unspecified atom stereocenters. The lowest BCUT2D eigenvalue weighted by molar-refractivity contribution is -0.137. The number of alkyl halides is 3. The van der Waals surface area contributed by atoms with E-state index in [4.69, 9.17) is 16.3 Å². The maximum atomic E-state index is 13.1. The molecular formula is C24H22ClF3N2O4S. The molecule has 0 fully saturated rings. The topological polar surface area (TPSA) is 75.7 Å². The SMILES string of the molecule is CS(=O)(=O)N(Cc1ccc(C(=O)NCCOc2ccccc2Cl)cc1)c1cccc(C(F)(F)F)c1. The summed E-state index contributed by atoms with van der Waals surface area (Å²) < 4.78 is 70.2. The summed E-state index contributed by atoms with van der Waals surface area (Å²) in [4.78, 5) is 12.4. The van der Waals surface area contributed by atoms with Crippen LogP contribution < -0.4 is 14.4 Å². The number of para-hydroxylation sites is 1. The van der Waals surface area contributed by atoms with Gasteiger partial charge in [-0.05, 0) is 48.0 Å². The molecule has 3 aromatic rings. The summed E-state index contributed by atoms with van der Waals surface area (Å²) in [7, 11) is -3.88. The Kier molecular flexibility index (Phi) is 8.29. The maximum Gasteiger partial charge on any atom is 0.416 e. The highest BCUT2D eigenvalue weighted by Crippen LogP contribution is 2.32. The normalized spacial score (nSPS) is 11.7. The lowest BCUT2D eigenvalue weighted by Crippen LogP contribution is -2.30. The molecule has 0 bridgehead atoms. The van der Waals surface area contributed by atoms with E-state index in [-0.39, 0.29) is 31.3 Å². The highest BCUT2D eigenvalue weighted by atomic mass is 35.5. The van der Waals surface area contributed by atoms with Gasteiger partial charge in [0.2, 0.25) is 10.0 Å². The van der Waals surface area contributed by atoms with Crippen LogP contribution in [0.25, 0.3) is 0 Å². The molecule has 35 heavy (non-hydrogen) atoms. The fraction of sp³-hybridized carbons (Fsp3) is 0.208. The van der Waals surface area contributed by atoms with Crippen molar-refractivity contribution in [1.29, 1.82) is 0 Å². The molecule has 0 aliphatic heterocycles. The fourth-order valence-corrected chi connectivity index (χ4v) is 4.22. The molecule has 0 radical (unpaired) electrons. The summed E-state index contributed by atoms with van der Waals surface area (Å²) in [5.41, 5.74) is -0.236. The van der Waals surface area contributed by atoms with Crippen LogP contribution in [0.15, 0.2) is 72.8 Å². The second-order valence-electron chi connectivity index (χ2n) is 7.55. The Hall–Kier alpha value is -3.24. The number of halogens is 4. The quantitative estimate of drug-likeness (QED) is 0.392. The summed E-state index contributed by atoms with van der Waals surface area (Å²) in [6.07, 6.45) is -3.69. The van der Waals surface area contributed by atoms with Crippen molar-refractivity contribution in [3.63, 3.8) is 0 Å². The molecule has 11 heteroatoms. The van der Waals surface area contributed by atoms with Gasteiger partial charge < -0.3 is 10.1 Å². The number of nitrogens with zero attached hydrogens (tertiary/aromatic N) is 1. The van der Waals surface area contributed by atoms with Crippen LogP contribution in [0.1, 0.15) is 21.5 Å². The Morgan fingerprint density at radius 3 is 2.34 bits per heavy atom. The molecular weight excluding hydrogens is 505 g/mol. The third kappa shape index (κ3) is 7.37. The fourth-order valence-electron chi connectivity index (χ4n) is 3.15. The number of amides is 1. The van der Waals surface area contributed by atoms with Crippen molar-refractivity contribution in [1.82, 2.24) is 5.32 Å². The summed E-state index contributed by atoms with van der Waals surface area (Å²) >= 11 is 6.00. The van der Waals surface area contributed by atoms with E-state index in [0.717, 1.165) is 28.8 Å². The number of rotatable bonds is 9. The predicted octanol–water partition coefficient (Wildman–Crippen LogP) is 5.13. The number of anilines is 1. The molecule has 0 heterocycles. The van der Waals surface area contributed by atoms with E-state index in [1.54, 1.807) is 36.4 Å². The molecule has 6 nitrogen and oxygen atoms in total. The molecule has 0 atom stereocenters. The van der Waals surface area contributed by atoms with Gasteiger partial charge in [-0.25, -0.2) is 8.42 Å². The first-order valence-corrected chi connectivity index (χ1v) is 12.6. The van der Waals surface area contributed by atoms with Crippen LogP contribution in [-0.2, 0) is 22.7 Å². The predicted molar refractivity (Wildman–Crippen MR) is 128 cm³/mol. The molecule has 1 N–H and O–H groups in total. The Morgan fingerprint density at radius 1 is 1.03 bits per heavy atom. The molecule has 3 rings (SSSR count). The van der Waals surface area contributed by atoms with Crippen molar-refractivity contribution >= 4 is 33.2 Å². The third-order valence-corrected chi connectivity index (χ3v) is 6.34. The smallest absolute Gasteiger partial charge is 0.416 e. The van der Waals surface area contributed by atoms with Crippen LogP contribution in [0.5, 0.6) is 5.75 Å². The van der Waals surface area contributed by atoms with Crippen molar-refractivity contribution in [3.05, 3.63) is 94.5 Å².